The molecule has 0 aliphatic heterocycles. The van der Waals surface area contributed by atoms with Gasteiger partial charge in [0, 0.05) is 5.69 Å². The summed E-state index contributed by atoms with van der Waals surface area (Å²) in [4.78, 5) is 22.2. The zero-order valence-electron chi connectivity index (χ0n) is 12.9. The Bertz CT molecular complexity index is 894. The van der Waals surface area contributed by atoms with E-state index in [1.54, 1.807) is 12.1 Å². The van der Waals surface area contributed by atoms with E-state index >= 15 is 0 Å². The van der Waals surface area contributed by atoms with Crippen molar-refractivity contribution in [1.29, 1.82) is 0 Å². The fourth-order valence-corrected chi connectivity index (χ4v) is 2.16. The molecule has 0 spiro atoms. The van der Waals surface area contributed by atoms with Gasteiger partial charge in [0.25, 0.3) is 0 Å². The van der Waals surface area contributed by atoms with Gasteiger partial charge in [0.1, 0.15) is 13.2 Å². The first-order valence-electron chi connectivity index (χ1n) is 7.30. The van der Waals surface area contributed by atoms with Crippen molar-refractivity contribution in [3.8, 4) is 0 Å². The quantitative estimate of drug-likeness (QED) is 0.595. The summed E-state index contributed by atoms with van der Waals surface area (Å²) >= 11 is 0. The monoisotopic (exact) mass is 342 g/mol. The maximum Gasteiger partial charge on any atom is 0.329 e. The molecule has 1 amide bonds. The first kappa shape index (κ1) is 16.4. The van der Waals surface area contributed by atoms with Crippen LogP contribution < -0.4 is 10.6 Å². The second-order valence-electron chi connectivity index (χ2n) is 5.05. The fourth-order valence-electron chi connectivity index (χ4n) is 2.16. The van der Waals surface area contributed by atoms with Gasteiger partial charge in [-0.15, -0.1) is 0 Å². The number of hydrogen-bond acceptors (Lipinski definition) is 7. The highest BCUT2D eigenvalue weighted by Gasteiger charge is 2.14. The van der Waals surface area contributed by atoms with E-state index in [4.69, 9.17) is 14.5 Å². The number of nitrogens with one attached hydrogen (secondary N) is 2. The van der Waals surface area contributed by atoms with Gasteiger partial charge in [0.2, 0.25) is 5.91 Å². The zero-order chi connectivity index (χ0) is 17.6. The highest BCUT2D eigenvalue weighted by Crippen LogP contribution is 2.29. The molecule has 3 aromatic rings. The summed E-state index contributed by atoms with van der Waals surface area (Å²) in [5.41, 5.74) is 2.74. The number of carboxylic acids is 1. The van der Waals surface area contributed by atoms with E-state index in [0.717, 1.165) is 5.69 Å². The second kappa shape index (κ2) is 7.41. The van der Waals surface area contributed by atoms with Gasteiger partial charge in [-0.05, 0) is 34.6 Å². The third-order valence-corrected chi connectivity index (χ3v) is 3.20. The average molecular weight is 342 g/mol. The number of hydrogen-bond donors (Lipinski definition) is 3. The third kappa shape index (κ3) is 4.09. The number of carbonyl (C=O) groups excluding carboxylic acids is 1. The van der Waals surface area contributed by atoms with Gasteiger partial charge in [-0.3, -0.25) is 4.79 Å². The number of carbonyl (C=O) groups is 2. The first-order valence-corrected chi connectivity index (χ1v) is 7.30. The summed E-state index contributed by atoms with van der Waals surface area (Å²) in [6, 6.07) is 12.9. The lowest BCUT2D eigenvalue weighted by Crippen LogP contribution is -2.20. The second-order valence-corrected chi connectivity index (χ2v) is 5.05. The molecule has 0 atom stereocenters. The molecule has 0 aliphatic rings. The van der Waals surface area contributed by atoms with Gasteiger partial charge in [0.05, 0.1) is 11.4 Å². The van der Waals surface area contributed by atoms with Crippen molar-refractivity contribution in [3.63, 3.8) is 0 Å². The lowest BCUT2D eigenvalue weighted by Gasteiger charge is -2.09. The van der Waals surface area contributed by atoms with Crippen LogP contribution in [0.3, 0.4) is 0 Å². The average Bonchev–Trinajstić information content (AvgIpc) is 3.08. The van der Waals surface area contributed by atoms with Crippen LogP contribution in [0.4, 0.5) is 17.1 Å². The molecule has 0 saturated heterocycles. The van der Waals surface area contributed by atoms with Crippen LogP contribution in [-0.2, 0) is 14.3 Å². The maximum atomic E-state index is 11.8. The molecule has 128 valence electrons. The molecule has 0 bridgehead atoms. The van der Waals surface area contributed by atoms with Gasteiger partial charge in [0.15, 0.2) is 11.0 Å². The van der Waals surface area contributed by atoms with E-state index in [1.807, 2.05) is 30.3 Å². The Morgan fingerprint density at radius 1 is 1.00 bits per heavy atom. The molecule has 1 heterocycles. The van der Waals surface area contributed by atoms with E-state index in [9.17, 15) is 9.59 Å². The number of para-hydroxylation sites is 1. The van der Waals surface area contributed by atoms with Crippen LogP contribution >= 0.6 is 0 Å². The molecule has 9 heteroatoms. The molecule has 0 aliphatic carbocycles. The van der Waals surface area contributed by atoms with Gasteiger partial charge >= 0.3 is 5.97 Å². The number of benzene rings is 2. The molecule has 2 aromatic carbocycles. The Kier molecular flexibility index (Phi) is 4.86. The van der Waals surface area contributed by atoms with Crippen LogP contribution in [0.2, 0.25) is 0 Å². The summed E-state index contributed by atoms with van der Waals surface area (Å²) in [7, 11) is 0. The highest BCUT2D eigenvalue weighted by molar-refractivity contribution is 6.03. The summed E-state index contributed by atoms with van der Waals surface area (Å²) in [6.07, 6.45) is 0. The van der Waals surface area contributed by atoms with Crippen LogP contribution in [0.15, 0.2) is 47.1 Å². The first-order chi connectivity index (χ1) is 12.1. The molecule has 25 heavy (non-hydrogen) atoms. The van der Waals surface area contributed by atoms with Crippen molar-refractivity contribution in [2.24, 2.45) is 0 Å². The Hall–Kier alpha value is -3.46. The normalized spacial score (nSPS) is 10.6. The predicted octanol–water partition coefficient (Wildman–Crippen LogP) is 2.01. The Morgan fingerprint density at radius 2 is 1.68 bits per heavy atom. The number of carboxylic acid groups (broad SMARTS) is 1. The largest absolute Gasteiger partial charge is 0.480 e. The number of aromatic nitrogens is 2. The number of anilines is 3. The Morgan fingerprint density at radius 3 is 2.40 bits per heavy atom. The highest BCUT2D eigenvalue weighted by atomic mass is 16.6. The van der Waals surface area contributed by atoms with Crippen LogP contribution in [0.5, 0.6) is 0 Å². The number of ether oxygens (including phenoxy) is 1. The molecule has 0 saturated carbocycles. The van der Waals surface area contributed by atoms with E-state index < -0.39 is 18.5 Å². The zero-order valence-corrected chi connectivity index (χ0v) is 12.9. The molecular formula is C16H14N4O5. The molecule has 3 rings (SSSR count). The number of amides is 1. The minimum Gasteiger partial charge on any atom is -0.480 e. The molecule has 0 fully saturated rings. The van der Waals surface area contributed by atoms with E-state index in [0.29, 0.717) is 22.4 Å². The van der Waals surface area contributed by atoms with Crippen molar-refractivity contribution < 1.29 is 24.1 Å². The van der Waals surface area contributed by atoms with Crippen molar-refractivity contribution >= 4 is 40.0 Å². The predicted molar refractivity (Wildman–Crippen MR) is 88.6 cm³/mol. The number of aliphatic carboxylic acids is 1. The minimum absolute atomic E-state index is 0.368. The summed E-state index contributed by atoms with van der Waals surface area (Å²) in [5, 5.41) is 21.9. The number of fused-ring (bicyclic) bond motifs is 1. The van der Waals surface area contributed by atoms with Crippen LogP contribution in [0.25, 0.3) is 11.0 Å². The lowest BCUT2D eigenvalue weighted by atomic mass is 10.2. The molecule has 0 radical (unpaired) electrons. The maximum absolute atomic E-state index is 11.8. The Balaban J connectivity index is 1.75. The van der Waals surface area contributed by atoms with Gasteiger partial charge < -0.3 is 20.5 Å². The molecule has 3 N–H and O–H groups in total. The van der Waals surface area contributed by atoms with Crippen LogP contribution in [0.1, 0.15) is 0 Å². The lowest BCUT2D eigenvalue weighted by molar-refractivity contribution is -0.143. The van der Waals surface area contributed by atoms with Crippen LogP contribution in [-0.4, -0.2) is 40.5 Å². The van der Waals surface area contributed by atoms with Crippen molar-refractivity contribution in [3.05, 3.63) is 42.5 Å². The number of rotatable bonds is 7. The molecule has 1 aromatic heterocycles. The summed E-state index contributed by atoms with van der Waals surface area (Å²) < 4.78 is 9.52. The topological polar surface area (TPSA) is 127 Å². The van der Waals surface area contributed by atoms with Gasteiger partial charge in [-0.1, -0.05) is 18.2 Å². The molecule has 0 unspecified atom stereocenters. The SMILES string of the molecule is O=C(O)COCC(=O)Nc1ccc(Nc2ccccc2)c2nonc12. The van der Waals surface area contributed by atoms with Crippen LogP contribution in [0, 0.1) is 0 Å². The fraction of sp³-hybridized carbons (Fsp3) is 0.125. The van der Waals surface area contributed by atoms with Gasteiger partial charge in [-0.2, -0.15) is 0 Å². The standard InChI is InChI=1S/C16H14N4O5/c21-13(8-24-9-14(22)23)18-12-7-6-11(15-16(12)20-25-19-15)17-10-4-2-1-3-5-10/h1-7,17H,8-9H2,(H,18,21)(H,22,23). The van der Waals surface area contributed by atoms with Gasteiger partial charge in [-0.25, -0.2) is 9.42 Å². The summed E-state index contributed by atoms with van der Waals surface area (Å²) in [5.74, 6) is -1.65. The van der Waals surface area contributed by atoms with E-state index in [-0.39, 0.29) is 6.61 Å². The smallest absolute Gasteiger partial charge is 0.329 e. The third-order valence-electron chi connectivity index (χ3n) is 3.20. The van der Waals surface area contributed by atoms with Crippen molar-refractivity contribution in [2.75, 3.05) is 23.8 Å². The Labute approximate surface area is 141 Å². The molecule has 9 nitrogen and oxygen atoms in total. The van der Waals surface area contributed by atoms with Crippen molar-refractivity contribution in [1.82, 2.24) is 10.3 Å². The van der Waals surface area contributed by atoms with E-state index in [2.05, 4.69) is 20.9 Å². The van der Waals surface area contributed by atoms with Crippen molar-refractivity contribution in [2.45, 2.75) is 0 Å². The number of nitrogens with zero attached hydrogens (tertiary/aromatic N) is 2. The molecular weight excluding hydrogens is 328 g/mol. The summed E-state index contributed by atoms with van der Waals surface area (Å²) in [6.45, 7) is -0.933. The van der Waals surface area contributed by atoms with E-state index in [1.165, 1.54) is 0 Å². The minimum atomic E-state index is -1.15.